The number of carboxylic acid groups (broad SMARTS) is 1. The van der Waals surface area contributed by atoms with Gasteiger partial charge < -0.3 is 19.8 Å². The molecular weight excluding hydrogens is 472 g/mol. The molecule has 0 aliphatic carbocycles. The molecule has 0 amide bonds. The van der Waals surface area contributed by atoms with Crippen LogP contribution in [0.25, 0.3) is 11.4 Å². The Labute approximate surface area is 188 Å². The fourth-order valence-electron chi connectivity index (χ4n) is 3.10. The second-order valence-corrected chi connectivity index (χ2v) is 6.95. The van der Waals surface area contributed by atoms with Gasteiger partial charge in [-0.3, -0.25) is 0 Å². The predicted octanol–water partition coefficient (Wildman–Crippen LogP) is 3.93. The number of carbonyl (C=O) groups is 1. The predicted molar refractivity (Wildman–Crippen MR) is 106 cm³/mol. The van der Waals surface area contributed by atoms with E-state index in [0.717, 1.165) is 25.5 Å². The Morgan fingerprint density at radius 3 is 2.29 bits per heavy atom. The molecule has 34 heavy (non-hydrogen) atoms. The van der Waals surface area contributed by atoms with E-state index in [4.69, 9.17) is 9.90 Å². The van der Waals surface area contributed by atoms with Crippen LogP contribution in [0.1, 0.15) is 17.5 Å². The van der Waals surface area contributed by atoms with E-state index < -0.39 is 24.2 Å². The van der Waals surface area contributed by atoms with Crippen LogP contribution in [0, 0.1) is 0 Å². The van der Waals surface area contributed by atoms with Crippen molar-refractivity contribution >= 4 is 11.8 Å². The number of nitrogens with zero attached hydrogens (tertiary/aromatic N) is 4. The normalized spacial score (nSPS) is 16.5. The van der Waals surface area contributed by atoms with Crippen LogP contribution < -0.4 is 10.2 Å². The minimum Gasteiger partial charge on any atom is -0.475 e. The fourth-order valence-corrected chi connectivity index (χ4v) is 3.10. The van der Waals surface area contributed by atoms with E-state index in [-0.39, 0.29) is 11.9 Å². The lowest BCUT2D eigenvalue weighted by Crippen LogP contribution is -2.46. The number of piperazine rings is 1. The summed E-state index contributed by atoms with van der Waals surface area (Å²) in [6.07, 6.45) is -8.28. The maximum atomic E-state index is 12.6. The fraction of sp³-hybridized carbons (Fsp3) is 0.300. The van der Waals surface area contributed by atoms with Crippen LogP contribution >= 0.6 is 0 Å². The standard InChI is InChI=1S/C18H16F3N5O.C2HF3O2/c19-18(20,21)17-24-16(25-27-17)13-6-7-15(23-10-13)26-9-8-22-11-14(26)12-4-2-1-3-5-12;3-2(4,5)1(6)7/h1-7,10,14,22H,8-9,11H2;(H,6,7)/t14-;/m1./s1. The molecule has 1 aromatic carbocycles. The highest BCUT2D eigenvalue weighted by atomic mass is 19.4. The number of benzene rings is 1. The lowest BCUT2D eigenvalue weighted by Gasteiger charge is -2.37. The number of nitrogens with one attached hydrogen (secondary N) is 1. The van der Waals surface area contributed by atoms with Gasteiger partial charge in [0.2, 0.25) is 5.82 Å². The maximum absolute atomic E-state index is 12.6. The van der Waals surface area contributed by atoms with Crippen LogP contribution in [-0.2, 0) is 11.0 Å². The molecule has 2 aromatic heterocycles. The largest absolute Gasteiger partial charge is 0.490 e. The number of rotatable bonds is 3. The van der Waals surface area contributed by atoms with Crippen molar-refractivity contribution < 1.29 is 40.8 Å². The first kappa shape index (κ1) is 25.0. The highest BCUT2D eigenvalue weighted by Crippen LogP contribution is 2.31. The van der Waals surface area contributed by atoms with Gasteiger partial charge >= 0.3 is 24.2 Å². The molecule has 1 atom stereocenters. The topological polar surface area (TPSA) is 104 Å². The van der Waals surface area contributed by atoms with Gasteiger partial charge in [0.25, 0.3) is 0 Å². The first-order valence-electron chi connectivity index (χ1n) is 9.66. The number of hydrogen-bond acceptors (Lipinski definition) is 7. The van der Waals surface area contributed by atoms with E-state index in [2.05, 4.69) is 42.0 Å². The summed E-state index contributed by atoms with van der Waals surface area (Å²) in [5.41, 5.74) is 1.54. The third-order valence-electron chi connectivity index (χ3n) is 4.64. The van der Waals surface area contributed by atoms with Crippen LogP contribution in [0.2, 0.25) is 0 Å². The molecular formula is C20H17F6N5O3. The van der Waals surface area contributed by atoms with Crippen molar-refractivity contribution in [3.05, 3.63) is 60.1 Å². The van der Waals surface area contributed by atoms with Crippen LogP contribution in [0.5, 0.6) is 0 Å². The van der Waals surface area contributed by atoms with E-state index in [1.165, 1.54) is 11.8 Å². The van der Waals surface area contributed by atoms with Crippen molar-refractivity contribution in [2.75, 3.05) is 24.5 Å². The van der Waals surface area contributed by atoms with E-state index in [1.807, 2.05) is 18.2 Å². The van der Waals surface area contributed by atoms with E-state index in [9.17, 15) is 26.3 Å². The zero-order chi connectivity index (χ0) is 24.9. The number of alkyl halides is 6. The van der Waals surface area contributed by atoms with Gasteiger partial charge in [0.15, 0.2) is 0 Å². The van der Waals surface area contributed by atoms with Crippen LogP contribution in [0.15, 0.2) is 53.2 Å². The summed E-state index contributed by atoms with van der Waals surface area (Å²) in [6, 6.07) is 13.6. The van der Waals surface area contributed by atoms with Gasteiger partial charge in [0, 0.05) is 31.4 Å². The van der Waals surface area contributed by atoms with Crippen LogP contribution in [0.3, 0.4) is 0 Å². The Kier molecular flexibility index (Phi) is 7.39. The Bertz CT molecular complexity index is 1090. The van der Waals surface area contributed by atoms with Crippen molar-refractivity contribution in [1.82, 2.24) is 20.4 Å². The smallest absolute Gasteiger partial charge is 0.475 e. The molecule has 8 nitrogen and oxygen atoms in total. The molecule has 3 heterocycles. The molecule has 0 saturated carbocycles. The number of hydrogen-bond donors (Lipinski definition) is 2. The molecule has 182 valence electrons. The minimum atomic E-state index is -5.08. The van der Waals surface area contributed by atoms with E-state index >= 15 is 0 Å². The summed E-state index contributed by atoms with van der Waals surface area (Å²) in [7, 11) is 0. The molecule has 3 aromatic rings. The van der Waals surface area contributed by atoms with Crippen LogP contribution in [-0.4, -0.2) is 52.0 Å². The zero-order valence-corrected chi connectivity index (χ0v) is 17.1. The third-order valence-corrected chi connectivity index (χ3v) is 4.64. The first-order chi connectivity index (χ1) is 16.0. The summed E-state index contributed by atoms with van der Waals surface area (Å²) in [5.74, 6) is -3.52. The van der Waals surface area contributed by atoms with Crippen molar-refractivity contribution in [2.24, 2.45) is 0 Å². The maximum Gasteiger partial charge on any atom is 0.490 e. The second-order valence-electron chi connectivity index (χ2n) is 6.95. The molecule has 1 aliphatic heterocycles. The molecule has 1 saturated heterocycles. The number of carboxylic acids is 1. The SMILES string of the molecule is FC(F)(F)c1nc(-c2ccc(N3CCNC[C@@H]3c3ccccc3)nc2)no1.O=C(O)C(F)(F)F. The number of pyridine rings is 1. The molecule has 4 rings (SSSR count). The van der Waals surface area contributed by atoms with Gasteiger partial charge in [-0.05, 0) is 17.7 Å². The molecule has 2 N–H and O–H groups in total. The number of halogens is 6. The quantitative estimate of drug-likeness (QED) is 0.534. The van der Waals surface area contributed by atoms with Gasteiger partial charge in [-0.1, -0.05) is 35.5 Å². The summed E-state index contributed by atoms with van der Waals surface area (Å²) in [4.78, 5) is 18.9. The van der Waals surface area contributed by atoms with Gasteiger partial charge in [-0.15, -0.1) is 0 Å². The van der Waals surface area contributed by atoms with Crippen molar-refractivity contribution in [3.8, 4) is 11.4 Å². The summed E-state index contributed by atoms with van der Waals surface area (Å²) < 4.78 is 73.8. The molecule has 0 spiro atoms. The third kappa shape index (κ3) is 6.21. The monoisotopic (exact) mass is 489 g/mol. The number of aromatic nitrogens is 3. The average molecular weight is 489 g/mol. The van der Waals surface area contributed by atoms with Crippen LogP contribution in [0.4, 0.5) is 32.2 Å². The molecule has 0 unspecified atom stereocenters. The van der Waals surface area contributed by atoms with Crippen molar-refractivity contribution in [1.29, 1.82) is 0 Å². The average Bonchev–Trinajstić information content (AvgIpc) is 3.31. The van der Waals surface area contributed by atoms with Gasteiger partial charge in [-0.25, -0.2) is 9.78 Å². The molecule has 1 aliphatic rings. The molecule has 14 heteroatoms. The number of aliphatic carboxylic acids is 1. The van der Waals surface area contributed by atoms with Gasteiger partial charge in [-0.2, -0.15) is 31.3 Å². The Morgan fingerprint density at radius 2 is 1.76 bits per heavy atom. The van der Waals surface area contributed by atoms with Crippen molar-refractivity contribution in [2.45, 2.75) is 18.4 Å². The Balaban J connectivity index is 0.000000406. The van der Waals surface area contributed by atoms with E-state index in [1.54, 1.807) is 12.1 Å². The molecule has 0 bridgehead atoms. The van der Waals surface area contributed by atoms with Gasteiger partial charge in [0.1, 0.15) is 5.82 Å². The first-order valence-corrected chi connectivity index (χ1v) is 9.66. The van der Waals surface area contributed by atoms with E-state index in [0.29, 0.717) is 5.56 Å². The highest BCUT2D eigenvalue weighted by molar-refractivity contribution is 5.73. The summed E-state index contributed by atoms with van der Waals surface area (Å²) in [6.45, 7) is 2.38. The molecule has 1 fully saturated rings. The second kappa shape index (κ2) is 10.1. The van der Waals surface area contributed by atoms with Gasteiger partial charge in [0.05, 0.1) is 6.04 Å². The summed E-state index contributed by atoms with van der Waals surface area (Å²) in [5, 5.41) is 13.9. The lowest BCUT2D eigenvalue weighted by atomic mass is 10.0. The highest BCUT2D eigenvalue weighted by Gasteiger charge is 2.39. The van der Waals surface area contributed by atoms with Crippen molar-refractivity contribution in [3.63, 3.8) is 0 Å². The number of anilines is 1. The lowest BCUT2D eigenvalue weighted by molar-refractivity contribution is -0.192. The minimum absolute atomic E-state index is 0.125. The Morgan fingerprint density at radius 1 is 1.09 bits per heavy atom. The molecule has 0 radical (unpaired) electrons. The summed E-state index contributed by atoms with van der Waals surface area (Å²) >= 11 is 0. The Hall–Kier alpha value is -3.68. The zero-order valence-electron chi connectivity index (χ0n) is 17.1.